The molecule has 0 aliphatic heterocycles. The maximum absolute atomic E-state index is 12.6. The number of aromatic nitrogens is 2. The number of amides is 1. The van der Waals surface area contributed by atoms with Gasteiger partial charge in [0.05, 0.1) is 12.8 Å². The Hall–Kier alpha value is -3.12. The molecule has 0 radical (unpaired) electrons. The molecule has 0 unspecified atom stereocenters. The van der Waals surface area contributed by atoms with E-state index in [1.165, 1.54) is 13.3 Å². The van der Waals surface area contributed by atoms with Gasteiger partial charge in [0.15, 0.2) is 0 Å². The van der Waals surface area contributed by atoms with Gasteiger partial charge in [0.2, 0.25) is 5.95 Å². The Morgan fingerprint density at radius 1 is 1.07 bits per heavy atom. The number of carbonyl (C=O) groups is 1. The number of aryl methyl sites for hydroxylation is 2. The van der Waals surface area contributed by atoms with Gasteiger partial charge in [-0.2, -0.15) is 0 Å². The van der Waals surface area contributed by atoms with Gasteiger partial charge >= 0.3 is 0 Å². The van der Waals surface area contributed by atoms with E-state index in [9.17, 15) is 4.79 Å². The van der Waals surface area contributed by atoms with Gasteiger partial charge in [0.25, 0.3) is 5.91 Å². The summed E-state index contributed by atoms with van der Waals surface area (Å²) < 4.78 is 5.25. The zero-order chi connectivity index (χ0) is 19.4. The second-order valence-corrected chi connectivity index (χ2v) is 6.44. The maximum atomic E-state index is 12.6. The van der Waals surface area contributed by atoms with Crippen LogP contribution >= 0.6 is 11.6 Å². The molecule has 1 amide bonds. The van der Waals surface area contributed by atoms with Crippen molar-refractivity contribution in [3.05, 3.63) is 70.5 Å². The first-order chi connectivity index (χ1) is 13.0. The Kier molecular flexibility index (Phi) is 5.57. The molecule has 3 rings (SSSR count). The van der Waals surface area contributed by atoms with E-state index in [0.717, 1.165) is 16.8 Å². The first kappa shape index (κ1) is 18.7. The highest BCUT2D eigenvalue weighted by atomic mass is 35.5. The lowest BCUT2D eigenvalue weighted by Gasteiger charge is -2.12. The third kappa shape index (κ3) is 4.54. The molecule has 0 aliphatic carbocycles. The Morgan fingerprint density at radius 2 is 1.89 bits per heavy atom. The third-order valence-corrected chi connectivity index (χ3v) is 4.17. The molecule has 27 heavy (non-hydrogen) atoms. The second-order valence-electron chi connectivity index (χ2n) is 6.01. The molecular formula is C20H19ClN4O2. The van der Waals surface area contributed by atoms with E-state index in [4.69, 9.17) is 16.3 Å². The topological polar surface area (TPSA) is 76.1 Å². The number of benzene rings is 2. The summed E-state index contributed by atoms with van der Waals surface area (Å²) in [6, 6.07) is 12.6. The number of carbonyl (C=O) groups excluding carboxylic acids is 1. The monoisotopic (exact) mass is 382 g/mol. The summed E-state index contributed by atoms with van der Waals surface area (Å²) in [5.74, 6) is 0.465. The predicted molar refractivity (Wildman–Crippen MR) is 107 cm³/mol. The van der Waals surface area contributed by atoms with Gasteiger partial charge in [-0.15, -0.1) is 0 Å². The first-order valence-electron chi connectivity index (χ1n) is 8.28. The lowest BCUT2D eigenvalue weighted by Crippen LogP contribution is -2.15. The van der Waals surface area contributed by atoms with Crippen molar-refractivity contribution in [2.45, 2.75) is 13.8 Å². The number of nitrogens with one attached hydrogen (secondary N) is 2. The molecule has 0 spiro atoms. The fourth-order valence-corrected chi connectivity index (χ4v) is 2.67. The number of methoxy groups -OCH3 is 1. The Labute approximate surface area is 162 Å². The van der Waals surface area contributed by atoms with Crippen LogP contribution in [0.25, 0.3) is 0 Å². The van der Waals surface area contributed by atoms with E-state index in [0.29, 0.717) is 22.4 Å². The minimum absolute atomic E-state index is 0.222. The van der Waals surface area contributed by atoms with Gasteiger partial charge in [-0.05, 0) is 55.3 Å². The number of halogens is 1. The smallest absolute Gasteiger partial charge is 0.274 e. The van der Waals surface area contributed by atoms with Gasteiger partial charge in [0, 0.05) is 16.9 Å². The van der Waals surface area contributed by atoms with Crippen LogP contribution in [0.1, 0.15) is 21.6 Å². The van der Waals surface area contributed by atoms with Gasteiger partial charge in [-0.3, -0.25) is 4.79 Å². The van der Waals surface area contributed by atoms with Crippen LogP contribution in [0.15, 0.2) is 48.7 Å². The van der Waals surface area contributed by atoms with Crippen molar-refractivity contribution in [2.75, 3.05) is 17.7 Å². The molecule has 0 fully saturated rings. The molecule has 0 bridgehead atoms. The van der Waals surface area contributed by atoms with Crippen molar-refractivity contribution in [3.8, 4) is 5.75 Å². The van der Waals surface area contributed by atoms with Gasteiger partial charge in [-0.25, -0.2) is 9.97 Å². The standard InChI is InChI=1S/C20H19ClN4O2/c1-12-4-5-13(2)16(10-12)25-20-22-9-8-15(24-20)19(26)23-17-11-14(21)6-7-18(17)27-3/h4-11H,1-3H3,(H,23,26)(H,22,24,25). The Bertz CT molecular complexity index is 991. The van der Waals surface area contributed by atoms with Crippen LogP contribution < -0.4 is 15.4 Å². The fourth-order valence-electron chi connectivity index (χ4n) is 2.50. The van der Waals surface area contributed by atoms with Crippen molar-refractivity contribution in [1.82, 2.24) is 9.97 Å². The van der Waals surface area contributed by atoms with E-state index < -0.39 is 0 Å². The summed E-state index contributed by atoms with van der Waals surface area (Å²) >= 11 is 6.00. The highest BCUT2D eigenvalue weighted by molar-refractivity contribution is 6.31. The summed E-state index contributed by atoms with van der Waals surface area (Å²) in [6.07, 6.45) is 1.53. The zero-order valence-electron chi connectivity index (χ0n) is 15.2. The summed E-state index contributed by atoms with van der Waals surface area (Å²) in [5.41, 5.74) is 3.76. The van der Waals surface area contributed by atoms with Crippen LogP contribution in [-0.4, -0.2) is 23.0 Å². The van der Waals surface area contributed by atoms with Crippen LogP contribution in [0.5, 0.6) is 5.75 Å². The van der Waals surface area contributed by atoms with Crippen LogP contribution in [-0.2, 0) is 0 Å². The van der Waals surface area contributed by atoms with E-state index in [2.05, 4.69) is 20.6 Å². The second kappa shape index (κ2) is 8.05. The van der Waals surface area contributed by atoms with Crippen molar-refractivity contribution in [2.24, 2.45) is 0 Å². The number of anilines is 3. The number of rotatable bonds is 5. The number of hydrogen-bond acceptors (Lipinski definition) is 5. The summed E-state index contributed by atoms with van der Waals surface area (Å²) in [6.45, 7) is 4.00. The summed E-state index contributed by atoms with van der Waals surface area (Å²) in [4.78, 5) is 21.1. The van der Waals surface area contributed by atoms with E-state index in [1.807, 2.05) is 32.0 Å². The average molecular weight is 383 g/mol. The molecule has 3 aromatic rings. The minimum atomic E-state index is -0.387. The van der Waals surface area contributed by atoms with Crippen LogP contribution in [0.3, 0.4) is 0 Å². The molecule has 0 aliphatic rings. The fraction of sp³-hybridized carbons (Fsp3) is 0.150. The SMILES string of the molecule is COc1ccc(Cl)cc1NC(=O)c1ccnc(Nc2cc(C)ccc2C)n1. The predicted octanol–water partition coefficient (Wildman–Crippen LogP) is 4.75. The normalized spacial score (nSPS) is 10.4. The molecule has 0 atom stereocenters. The number of ether oxygens (including phenoxy) is 1. The average Bonchev–Trinajstić information content (AvgIpc) is 2.65. The third-order valence-electron chi connectivity index (χ3n) is 3.94. The molecule has 1 heterocycles. The summed E-state index contributed by atoms with van der Waals surface area (Å²) in [7, 11) is 1.52. The molecule has 2 N–H and O–H groups in total. The van der Waals surface area contributed by atoms with Crippen molar-refractivity contribution >= 4 is 34.8 Å². The van der Waals surface area contributed by atoms with Crippen LogP contribution in [0.2, 0.25) is 5.02 Å². The molecule has 0 saturated carbocycles. The zero-order valence-corrected chi connectivity index (χ0v) is 16.0. The van der Waals surface area contributed by atoms with Crippen LogP contribution in [0.4, 0.5) is 17.3 Å². The highest BCUT2D eigenvalue weighted by Crippen LogP contribution is 2.28. The van der Waals surface area contributed by atoms with Crippen molar-refractivity contribution in [3.63, 3.8) is 0 Å². The molecule has 1 aromatic heterocycles. The molecular weight excluding hydrogens is 364 g/mol. The Balaban J connectivity index is 1.82. The van der Waals surface area contributed by atoms with E-state index in [-0.39, 0.29) is 11.6 Å². The van der Waals surface area contributed by atoms with Gasteiger partial charge in [-0.1, -0.05) is 23.7 Å². The van der Waals surface area contributed by atoms with Crippen molar-refractivity contribution < 1.29 is 9.53 Å². The lowest BCUT2D eigenvalue weighted by atomic mass is 10.1. The number of hydrogen-bond donors (Lipinski definition) is 2. The molecule has 138 valence electrons. The minimum Gasteiger partial charge on any atom is -0.495 e. The highest BCUT2D eigenvalue weighted by Gasteiger charge is 2.13. The van der Waals surface area contributed by atoms with Gasteiger partial charge in [0.1, 0.15) is 11.4 Å². The Morgan fingerprint density at radius 3 is 2.67 bits per heavy atom. The van der Waals surface area contributed by atoms with E-state index >= 15 is 0 Å². The summed E-state index contributed by atoms with van der Waals surface area (Å²) in [5, 5.41) is 6.41. The molecule has 2 aromatic carbocycles. The molecule has 6 nitrogen and oxygen atoms in total. The van der Waals surface area contributed by atoms with Crippen LogP contribution in [0, 0.1) is 13.8 Å². The molecule has 7 heteroatoms. The lowest BCUT2D eigenvalue weighted by molar-refractivity contribution is 0.102. The quantitative estimate of drug-likeness (QED) is 0.665. The number of nitrogens with zero attached hydrogens (tertiary/aromatic N) is 2. The van der Waals surface area contributed by atoms with E-state index in [1.54, 1.807) is 24.3 Å². The van der Waals surface area contributed by atoms with Gasteiger partial charge < -0.3 is 15.4 Å². The first-order valence-corrected chi connectivity index (χ1v) is 8.66. The largest absolute Gasteiger partial charge is 0.495 e. The molecule has 0 saturated heterocycles. The maximum Gasteiger partial charge on any atom is 0.274 e. The van der Waals surface area contributed by atoms with Crippen molar-refractivity contribution in [1.29, 1.82) is 0 Å².